The van der Waals surface area contributed by atoms with E-state index in [4.69, 9.17) is 5.26 Å². The number of hydrogen-bond donors (Lipinski definition) is 0. The van der Waals surface area contributed by atoms with Crippen LogP contribution in [0, 0.1) is 21.4 Å². The first-order valence-electron chi connectivity index (χ1n) is 6.52. The van der Waals surface area contributed by atoms with Gasteiger partial charge in [0, 0.05) is 18.2 Å². The molecule has 6 nitrogen and oxygen atoms in total. The molecule has 0 radical (unpaired) electrons. The minimum absolute atomic E-state index is 0.00714. The number of pyridine rings is 1. The second-order valence-electron chi connectivity index (χ2n) is 4.95. The van der Waals surface area contributed by atoms with Crippen LogP contribution in [-0.2, 0) is 0 Å². The molecule has 0 aliphatic heterocycles. The summed E-state index contributed by atoms with van der Waals surface area (Å²) in [5.41, 5.74) is 1.25. The molecule has 1 fully saturated rings. The SMILES string of the molecule is N#Cc1ccc(-c2ccc([N+](=O)[O-])cc2)n(C2CC2)c1=O. The Kier molecular flexibility index (Phi) is 3.03. The summed E-state index contributed by atoms with van der Waals surface area (Å²) in [5, 5.41) is 19.7. The highest BCUT2D eigenvalue weighted by Gasteiger charge is 2.28. The number of nitrogens with zero attached hydrogens (tertiary/aromatic N) is 3. The molecule has 0 bridgehead atoms. The van der Waals surface area contributed by atoms with E-state index in [1.807, 2.05) is 6.07 Å². The molecule has 2 aromatic rings. The van der Waals surface area contributed by atoms with Crippen molar-refractivity contribution >= 4 is 5.69 Å². The van der Waals surface area contributed by atoms with Crippen LogP contribution in [0.15, 0.2) is 41.2 Å². The van der Waals surface area contributed by atoms with Crippen LogP contribution >= 0.6 is 0 Å². The van der Waals surface area contributed by atoms with Gasteiger partial charge in [-0.05, 0) is 42.7 Å². The average Bonchev–Trinajstić information content (AvgIpc) is 3.31. The van der Waals surface area contributed by atoms with Gasteiger partial charge < -0.3 is 4.57 Å². The molecular formula is C15H11N3O3. The van der Waals surface area contributed by atoms with E-state index < -0.39 is 4.92 Å². The molecule has 3 rings (SSSR count). The van der Waals surface area contributed by atoms with E-state index >= 15 is 0 Å². The van der Waals surface area contributed by atoms with Crippen molar-refractivity contribution in [3.63, 3.8) is 0 Å². The van der Waals surface area contributed by atoms with Gasteiger partial charge in [-0.25, -0.2) is 0 Å². The fraction of sp³-hybridized carbons (Fsp3) is 0.200. The van der Waals surface area contributed by atoms with Crippen molar-refractivity contribution in [2.75, 3.05) is 0 Å². The van der Waals surface area contributed by atoms with Crippen LogP contribution in [-0.4, -0.2) is 9.49 Å². The maximum Gasteiger partial charge on any atom is 0.269 e. The Labute approximate surface area is 120 Å². The van der Waals surface area contributed by atoms with Crippen molar-refractivity contribution in [1.82, 2.24) is 4.57 Å². The van der Waals surface area contributed by atoms with E-state index in [-0.39, 0.29) is 22.9 Å². The summed E-state index contributed by atoms with van der Waals surface area (Å²) >= 11 is 0. The van der Waals surface area contributed by atoms with E-state index in [9.17, 15) is 14.9 Å². The number of non-ortho nitro benzene ring substituents is 1. The summed E-state index contributed by atoms with van der Waals surface area (Å²) in [6.07, 6.45) is 1.82. The van der Waals surface area contributed by atoms with Crippen LogP contribution < -0.4 is 5.56 Å². The Morgan fingerprint density at radius 1 is 1.19 bits per heavy atom. The quantitative estimate of drug-likeness (QED) is 0.639. The molecule has 0 N–H and O–H groups in total. The Morgan fingerprint density at radius 3 is 2.38 bits per heavy atom. The highest BCUT2D eigenvalue weighted by atomic mass is 16.6. The van der Waals surface area contributed by atoms with E-state index in [2.05, 4.69) is 0 Å². The van der Waals surface area contributed by atoms with Gasteiger partial charge in [0.1, 0.15) is 11.6 Å². The number of hydrogen-bond acceptors (Lipinski definition) is 4. The molecule has 104 valence electrons. The van der Waals surface area contributed by atoms with Gasteiger partial charge in [0.25, 0.3) is 11.2 Å². The third-order valence-corrected chi connectivity index (χ3v) is 3.52. The minimum atomic E-state index is -0.462. The van der Waals surface area contributed by atoms with Crippen molar-refractivity contribution in [1.29, 1.82) is 5.26 Å². The molecule has 1 heterocycles. The zero-order valence-corrected chi connectivity index (χ0v) is 11.0. The van der Waals surface area contributed by atoms with Gasteiger partial charge >= 0.3 is 0 Å². The van der Waals surface area contributed by atoms with Crippen LogP contribution in [0.5, 0.6) is 0 Å². The van der Waals surface area contributed by atoms with E-state index in [1.54, 1.807) is 22.8 Å². The molecule has 0 saturated heterocycles. The molecule has 1 aliphatic carbocycles. The number of aromatic nitrogens is 1. The van der Waals surface area contributed by atoms with Crippen LogP contribution in [0.3, 0.4) is 0 Å². The number of benzene rings is 1. The van der Waals surface area contributed by atoms with Crippen molar-refractivity contribution in [2.45, 2.75) is 18.9 Å². The maximum atomic E-state index is 12.3. The van der Waals surface area contributed by atoms with Crippen molar-refractivity contribution in [3.05, 3.63) is 62.4 Å². The smallest absolute Gasteiger partial charge is 0.269 e. The lowest BCUT2D eigenvalue weighted by atomic mass is 10.1. The molecule has 0 atom stereocenters. The third-order valence-electron chi connectivity index (χ3n) is 3.52. The Balaban J connectivity index is 2.14. The molecule has 6 heteroatoms. The van der Waals surface area contributed by atoms with Gasteiger partial charge in [-0.3, -0.25) is 14.9 Å². The van der Waals surface area contributed by atoms with E-state index in [1.165, 1.54) is 18.2 Å². The number of rotatable bonds is 3. The molecule has 0 amide bonds. The van der Waals surface area contributed by atoms with Gasteiger partial charge in [0.2, 0.25) is 0 Å². The summed E-state index contributed by atoms with van der Waals surface area (Å²) in [5.74, 6) is 0. The number of nitro benzene ring substituents is 1. The zero-order valence-electron chi connectivity index (χ0n) is 11.0. The van der Waals surface area contributed by atoms with Crippen molar-refractivity contribution in [3.8, 4) is 17.3 Å². The monoisotopic (exact) mass is 281 g/mol. The van der Waals surface area contributed by atoms with Gasteiger partial charge in [-0.1, -0.05) is 0 Å². The minimum Gasteiger partial charge on any atom is -0.304 e. The molecule has 1 aromatic carbocycles. The molecule has 21 heavy (non-hydrogen) atoms. The Hall–Kier alpha value is -2.94. The van der Waals surface area contributed by atoms with Gasteiger partial charge in [-0.2, -0.15) is 5.26 Å². The lowest BCUT2D eigenvalue weighted by Crippen LogP contribution is -2.23. The first kappa shape index (κ1) is 13.1. The molecule has 1 aliphatic rings. The Bertz CT molecular complexity index is 812. The highest BCUT2D eigenvalue weighted by molar-refractivity contribution is 5.62. The summed E-state index contributed by atoms with van der Waals surface area (Å²) in [7, 11) is 0. The van der Waals surface area contributed by atoms with Gasteiger partial charge in [0.15, 0.2) is 0 Å². The highest BCUT2D eigenvalue weighted by Crippen LogP contribution is 2.37. The van der Waals surface area contributed by atoms with Crippen molar-refractivity contribution in [2.24, 2.45) is 0 Å². The fourth-order valence-corrected chi connectivity index (χ4v) is 2.32. The second-order valence-corrected chi connectivity index (χ2v) is 4.95. The summed E-state index contributed by atoms with van der Waals surface area (Å²) in [4.78, 5) is 22.5. The standard InChI is InChI=1S/C15H11N3O3/c16-9-11-3-8-14(17(15(11)19)12-6-7-12)10-1-4-13(5-2-10)18(20)21/h1-5,8,12H,6-7H2. The fourth-order valence-electron chi connectivity index (χ4n) is 2.32. The first-order chi connectivity index (χ1) is 10.1. The predicted octanol–water partition coefficient (Wildman–Crippen LogP) is 2.63. The average molecular weight is 281 g/mol. The third kappa shape index (κ3) is 2.30. The summed E-state index contributed by atoms with van der Waals surface area (Å²) in [6, 6.07) is 11.3. The zero-order chi connectivity index (χ0) is 15.0. The van der Waals surface area contributed by atoms with E-state index in [0.717, 1.165) is 18.4 Å². The molecule has 1 aromatic heterocycles. The Morgan fingerprint density at radius 2 is 1.86 bits per heavy atom. The first-order valence-corrected chi connectivity index (χ1v) is 6.52. The molecular weight excluding hydrogens is 270 g/mol. The van der Waals surface area contributed by atoms with Crippen molar-refractivity contribution < 1.29 is 4.92 Å². The van der Waals surface area contributed by atoms with Crippen LogP contribution in [0.4, 0.5) is 5.69 Å². The second kappa shape index (κ2) is 4.87. The van der Waals surface area contributed by atoms with Crippen LogP contribution in [0.1, 0.15) is 24.4 Å². The largest absolute Gasteiger partial charge is 0.304 e. The topological polar surface area (TPSA) is 88.9 Å². The maximum absolute atomic E-state index is 12.3. The normalized spacial score (nSPS) is 13.7. The van der Waals surface area contributed by atoms with Crippen LogP contribution in [0.25, 0.3) is 11.3 Å². The number of nitro groups is 1. The van der Waals surface area contributed by atoms with Crippen LogP contribution in [0.2, 0.25) is 0 Å². The summed E-state index contributed by atoms with van der Waals surface area (Å²) < 4.78 is 1.62. The lowest BCUT2D eigenvalue weighted by Gasteiger charge is -2.12. The van der Waals surface area contributed by atoms with E-state index in [0.29, 0.717) is 5.69 Å². The predicted molar refractivity (Wildman–Crippen MR) is 75.8 cm³/mol. The van der Waals surface area contributed by atoms with Gasteiger partial charge in [0.05, 0.1) is 10.6 Å². The summed E-state index contributed by atoms with van der Waals surface area (Å²) in [6.45, 7) is 0. The molecule has 0 spiro atoms. The molecule has 0 unspecified atom stereocenters. The van der Waals surface area contributed by atoms with Gasteiger partial charge in [-0.15, -0.1) is 0 Å². The number of nitriles is 1. The lowest BCUT2D eigenvalue weighted by molar-refractivity contribution is -0.384. The molecule has 1 saturated carbocycles.